The predicted octanol–water partition coefficient (Wildman–Crippen LogP) is 4.17. The molecular formula is C24H40N3O5P. The summed E-state index contributed by atoms with van der Waals surface area (Å²) >= 11 is 0. The van der Waals surface area contributed by atoms with Gasteiger partial charge in [0.05, 0.1) is 47.9 Å². The van der Waals surface area contributed by atoms with E-state index in [4.69, 9.17) is 24.0 Å². The van der Waals surface area contributed by atoms with Gasteiger partial charge >= 0.3 is 6.09 Å². The van der Waals surface area contributed by atoms with Crippen LogP contribution in [0.1, 0.15) is 59.8 Å². The fourth-order valence-electron chi connectivity index (χ4n) is 4.41. The molecule has 1 amide bonds. The van der Waals surface area contributed by atoms with Crippen LogP contribution >= 0.6 is 8.96 Å². The Hall–Kier alpha value is -1.41. The van der Waals surface area contributed by atoms with Crippen molar-refractivity contribution in [1.82, 2.24) is 9.57 Å². The van der Waals surface area contributed by atoms with E-state index in [1.807, 2.05) is 20.9 Å². The topological polar surface area (TPSA) is 84.3 Å². The van der Waals surface area contributed by atoms with Gasteiger partial charge in [-0.1, -0.05) is 0 Å². The summed E-state index contributed by atoms with van der Waals surface area (Å²) in [5.41, 5.74) is -0.519. The Morgan fingerprint density at radius 1 is 1.12 bits per heavy atom. The number of nitriles is 1. The van der Waals surface area contributed by atoms with Crippen molar-refractivity contribution in [3.63, 3.8) is 0 Å². The minimum absolute atomic E-state index is 0.119. The molecule has 0 radical (unpaired) electrons. The zero-order chi connectivity index (χ0) is 24.3. The third-order valence-corrected chi connectivity index (χ3v) is 7.65. The summed E-state index contributed by atoms with van der Waals surface area (Å²) in [7, 11) is 1.95. The summed E-state index contributed by atoms with van der Waals surface area (Å²) in [6.07, 6.45) is 4.09. The normalized spacial score (nSPS) is 22.3. The molecule has 0 heterocycles. The fraction of sp³-hybridized carbons (Fsp3) is 0.833. The van der Waals surface area contributed by atoms with Crippen molar-refractivity contribution in [2.45, 2.75) is 77.6 Å². The molecule has 33 heavy (non-hydrogen) atoms. The van der Waals surface area contributed by atoms with Crippen LogP contribution in [-0.2, 0) is 18.7 Å². The number of ether oxygens (including phenoxy) is 3. The van der Waals surface area contributed by atoms with E-state index in [1.165, 1.54) is 0 Å². The standard InChI is InChI=1S/C24H40N3O5P/c1-19(2)27(24(3,4)31-14-10-13-25)33-32-18-16-29-15-17-30-23(28)26(5)22-20-11-8-6-7-9-12-21(20)22/h19-22,33H,8-12,14-18H2,1-5H3. The molecule has 2 aliphatic carbocycles. The Labute approximate surface area is 201 Å². The predicted molar refractivity (Wildman–Crippen MR) is 128 cm³/mol. The molecule has 9 heteroatoms. The SMILES string of the molecule is CC(C)N(POCCOCCOC(=O)N(C)C1C2CCC#CCCC21)C(C)(C)OCCC#N. The van der Waals surface area contributed by atoms with Crippen LogP contribution in [0.2, 0.25) is 0 Å². The lowest BCUT2D eigenvalue weighted by molar-refractivity contribution is -0.102. The molecule has 0 bridgehead atoms. The Morgan fingerprint density at radius 3 is 2.36 bits per heavy atom. The monoisotopic (exact) mass is 481 g/mol. The zero-order valence-corrected chi connectivity index (χ0v) is 21.8. The van der Waals surface area contributed by atoms with Gasteiger partial charge in [-0.25, -0.2) is 9.46 Å². The van der Waals surface area contributed by atoms with E-state index in [-0.39, 0.29) is 33.7 Å². The van der Waals surface area contributed by atoms with Crippen LogP contribution in [-0.4, -0.2) is 73.6 Å². The Kier molecular flexibility index (Phi) is 11.9. The van der Waals surface area contributed by atoms with E-state index in [2.05, 4.69) is 36.4 Å². The van der Waals surface area contributed by atoms with Crippen LogP contribution in [0.15, 0.2) is 0 Å². The molecule has 0 aromatic heterocycles. The highest BCUT2D eigenvalue weighted by atomic mass is 31.1. The molecule has 8 nitrogen and oxygen atoms in total. The lowest BCUT2D eigenvalue weighted by atomic mass is 10.1. The molecule has 0 spiro atoms. The van der Waals surface area contributed by atoms with Crippen molar-refractivity contribution in [3.05, 3.63) is 0 Å². The molecule has 3 unspecified atom stereocenters. The number of carbonyl (C=O) groups is 1. The van der Waals surface area contributed by atoms with Gasteiger partial charge in [0.25, 0.3) is 0 Å². The van der Waals surface area contributed by atoms with E-state index >= 15 is 0 Å². The lowest BCUT2D eigenvalue weighted by Gasteiger charge is -2.40. The summed E-state index contributed by atoms with van der Waals surface area (Å²) in [4.78, 5) is 14.1. The Bertz CT molecular complexity index is 697. The first-order valence-corrected chi connectivity index (χ1v) is 12.8. The molecule has 3 atom stereocenters. The summed E-state index contributed by atoms with van der Waals surface area (Å²) < 4.78 is 24.7. The molecule has 0 aromatic rings. The van der Waals surface area contributed by atoms with Crippen LogP contribution in [0.5, 0.6) is 0 Å². The largest absolute Gasteiger partial charge is 0.447 e. The minimum Gasteiger partial charge on any atom is -0.447 e. The quantitative estimate of drug-likeness (QED) is 0.159. The molecule has 186 valence electrons. The van der Waals surface area contributed by atoms with Gasteiger partial charge in [0.15, 0.2) is 0 Å². The summed E-state index contributed by atoms with van der Waals surface area (Å²) in [6, 6.07) is 2.61. The van der Waals surface area contributed by atoms with Crippen molar-refractivity contribution in [2.75, 3.05) is 40.1 Å². The second-order valence-corrected chi connectivity index (χ2v) is 10.1. The average molecular weight is 482 g/mol. The van der Waals surface area contributed by atoms with Crippen LogP contribution in [0, 0.1) is 35.0 Å². The second kappa shape index (κ2) is 14.1. The first-order valence-electron chi connectivity index (χ1n) is 11.9. The molecule has 1 saturated carbocycles. The summed E-state index contributed by atoms with van der Waals surface area (Å²) in [6.45, 7) is 9.97. The lowest BCUT2D eigenvalue weighted by Crippen LogP contribution is -2.45. The van der Waals surface area contributed by atoms with Gasteiger partial charge in [-0.3, -0.25) is 0 Å². The number of nitrogens with zero attached hydrogens (tertiary/aromatic N) is 3. The van der Waals surface area contributed by atoms with E-state index in [1.54, 1.807) is 4.90 Å². The van der Waals surface area contributed by atoms with Crippen LogP contribution < -0.4 is 0 Å². The molecule has 0 N–H and O–H groups in total. The van der Waals surface area contributed by atoms with Crippen LogP contribution in [0.3, 0.4) is 0 Å². The maximum absolute atomic E-state index is 12.4. The summed E-state index contributed by atoms with van der Waals surface area (Å²) in [5.74, 6) is 7.52. The number of fused-ring (bicyclic) bond motifs is 1. The van der Waals surface area contributed by atoms with Gasteiger partial charge in [0.1, 0.15) is 12.3 Å². The highest BCUT2D eigenvalue weighted by molar-refractivity contribution is 7.29. The smallest absolute Gasteiger partial charge is 0.409 e. The molecule has 0 aromatic carbocycles. The molecule has 0 saturated heterocycles. The summed E-state index contributed by atoms with van der Waals surface area (Å²) in [5, 5.41) is 8.71. The van der Waals surface area contributed by atoms with Crippen molar-refractivity contribution in [1.29, 1.82) is 5.26 Å². The van der Waals surface area contributed by atoms with Crippen molar-refractivity contribution in [3.8, 4) is 17.9 Å². The number of carbonyl (C=O) groups excluding carboxylic acids is 1. The Balaban J connectivity index is 1.55. The van der Waals surface area contributed by atoms with Crippen molar-refractivity contribution in [2.24, 2.45) is 11.8 Å². The Morgan fingerprint density at radius 2 is 1.76 bits per heavy atom. The van der Waals surface area contributed by atoms with Crippen LogP contribution in [0.25, 0.3) is 0 Å². The van der Waals surface area contributed by atoms with Gasteiger partial charge in [0.2, 0.25) is 0 Å². The van der Waals surface area contributed by atoms with E-state index in [9.17, 15) is 4.79 Å². The third kappa shape index (κ3) is 9.04. The van der Waals surface area contributed by atoms with E-state index in [0.29, 0.717) is 44.7 Å². The number of amides is 1. The van der Waals surface area contributed by atoms with Crippen molar-refractivity contribution < 1.29 is 23.5 Å². The molecule has 2 rings (SSSR count). The fourth-order valence-corrected chi connectivity index (χ4v) is 5.21. The zero-order valence-electron chi connectivity index (χ0n) is 20.8. The maximum atomic E-state index is 12.4. The first kappa shape index (κ1) is 27.8. The maximum Gasteiger partial charge on any atom is 0.409 e. The number of rotatable bonds is 14. The highest BCUT2D eigenvalue weighted by Gasteiger charge is 2.52. The first-order chi connectivity index (χ1) is 15.8. The molecule has 0 aliphatic heterocycles. The van der Waals surface area contributed by atoms with Crippen LogP contribution in [0.4, 0.5) is 4.79 Å². The number of hydrogen-bond acceptors (Lipinski definition) is 7. The van der Waals surface area contributed by atoms with E-state index in [0.717, 1.165) is 25.7 Å². The minimum atomic E-state index is -0.519. The molecule has 1 fully saturated rings. The van der Waals surface area contributed by atoms with Gasteiger partial charge in [-0.05, 0) is 52.4 Å². The second-order valence-electron chi connectivity index (χ2n) is 9.19. The molecular weight excluding hydrogens is 441 g/mol. The van der Waals surface area contributed by atoms with Gasteiger partial charge in [0, 0.05) is 32.0 Å². The average Bonchev–Trinajstić information content (AvgIpc) is 3.41. The third-order valence-electron chi connectivity index (χ3n) is 6.06. The highest BCUT2D eigenvalue weighted by Crippen LogP contribution is 2.49. The molecule has 2 aliphatic rings. The number of hydrogen-bond donors (Lipinski definition) is 0. The van der Waals surface area contributed by atoms with Gasteiger partial charge in [-0.15, -0.1) is 11.8 Å². The van der Waals surface area contributed by atoms with Crippen molar-refractivity contribution >= 4 is 15.1 Å². The van der Waals surface area contributed by atoms with Gasteiger partial charge < -0.3 is 23.6 Å². The van der Waals surface area contributed by atoms with Gasteiger partial charge in [-0.2, -0.15) is 5.26 Å². The van der Waals surface area contributed by atoms with E-state index < -0.39 is 5.72 Å².